The number of esters is 1. The van der Waals surface area contributed by atoms with Gasteiger partial charge >= 0.3 is 12.6 Å². The number of rotatable bonds is 5. The SMILES string of the molecule is O=C(OCN1C(=O)c2ccccc2C1=O)c1ccccc1OC(F)F. The number of fused-ring (bicyclic) bond motifs is 1. The molecule has 0 radical (unpaired) electrons. The molecule has 2 amide bonds. The second-order valence-electron chi connectivity index (χ2n) is 5.02. The number of hydrogen-bond donors (Lipinski definition) is 0. The van der Waals surface area contributed by atoms with Crippen LogP contribution in [0.3, 0.4) is 0 Å². The third kappa shape index (κ3) is 3.18. The summed E-state index contributed by atoms with van der Waals surface area (Å²) in [5.74, 6) is -2.53. The molecule has 0 spiro atoms. The van der Waals surface area contributed by atoms with Crippen molar-refractivity contribution in [3.8, 4) is 5.75 Å². The van der Waals surface area contributed by atoms with Crippen molar-refractivity contribution < 1.29 is 32.6 Å². The van der Waals surface area contributed by atoms with Crippen LogP contribution in [-0.4, -0.2) is 36.0 Å². The van der Waals surface area contributed by atoms with Crippen LogP contribution in [0.25, 0.3) is 0 Å². The van der Waals surface area contributed by atoms with Gasteiger partial charge in [-0.05, 0) is 24.3 Å². The van der Waals surface area contributed by atoms with Gasteiger partial charge in [0.25, 0.3) is 11.8 Å². The molecule has 2 aromatic rings. The van der Waals surface area contributed by atoms with E-state index in [1.807, 2.05) is 0 Å². The van der Waals surface area contributed by atoms with E-state index < -0.39 is 31.1 Å². The summed E-state index contributed by atoms with van der Waals surface area (Å²) >= 11 is 0. The Labute approximate surface area is 140 Å². The smallest absolute Gasteiger partial charge is 0.387 e. The molecule has 1 aliphatic rings. The summed E-state index contributed by atoms with van der Waals surface area (Å²) in [5, 5.41) is 0. The van der Waals surface area contributed by atoms with Gasteiger partial charge in [-0.2, -0.15) is 8.78 Å². The molecule has 6 nitrogen and oxygen atoms in total. The molecule has 128 valence electrons. The van der Waals surface area contributed by atoms with Crippen LogP contribution in [0.2, 0.25) is 0 Å². The van der Waals surface area contributed by atoms with Gasteiger partial charge in [-0.25, -0.2) is 9.69 Å². The van der Waals surface area contributed by atoms with Crippen molar-refractivity contribution in [3.63, 3.8) is 0 Å². The lowest BCUT2D eigenvalue weighted by Gasteiger charge is -2.15. The van der Waals surface area contributed by atoms with Gasteiger partial charge in [-0.15, -0.1) is 0 Å². The quantitative estimate of drug-likeness (QED) is 0.614. The van der Waals surface area contributed by atoms with E-state index in [1.54, 1.807) is 12.1 Å². The first kappa shape index (κ1) is 16.6. The summed E-state index contributed by atoms with van der Waals surface area (Å²) in [6, 6.07) is 11.5. The molecule has 0 saturated heterocycles. The summed E-state index contributed by atoms with van der Waals surface area (Å²) in [6.07, 6.45) is 0. The van der Waals surface area contributed by atoms with Gasteiger partial charge in [0.2, 0.25) is 0 Å². The van der Waals surface area contributed by atoms with Gasteiger partial charge in [0.1, 0.15) is 11.3 Å². The second-order valence-corrected chi connectivity index (χ2v) is 5.02. The number of amides is 2. The van der Waals surface area contributed by atoms with Crippen molar-refractivity contribution >= 4 is 17.8 Å². The Hall–Kier alpha value is -3.29. The molecule has 0 saturated carbocycles. The Morgan fingerprint density at radius 2 is 1.52 bits per heavy atom. The Balaban J connectivity index is 1.72. The third-order valence-corrected chi connectivity index (χ3v) is 3.53. The number of halogens is 2. The number of imide groups is 1. The van der Waals surface area contributed by atoms with Gasteiger partial charge in [-0.1, -0.05) is 24.3 Å². The van der Waals surface area contributed by atoms with E-state index in [9.17, 15) is 23.2 Å². The van der Waals surface area contributed by atoms with Gasteiger partial charge in [-0.3, -0.25) is 9.59 Å². The number of hydrogen-bond acceptors (Lipinski definition) is 5. The van der Waals surface area contributed by atoms with Crippen molar-refractivity contribution in [1.82, 2.24) is 4.90 Å². The van der Waals surface area contributed by atoms with Gasteiger partial charge in [0.15, 0.2) is 6.73 Å². The van der Waals surface area contributed by atoms with E-state index in [0.29, 0.717) is 0 Å². The first-order valence-electron chi connectivity index (χ1n) is 7.15. The minimum Gasteiger partial charge on any atom is -0.440 e. The van der Waals surface area contributed by atoms with Gasteiger partial charge in [0, 0.05) is 0 Å². The molecular weight excluding hydrogens is 336 g/mol. The molecule has 8 heteroatoms. The normalized spacial score (nSPS) is 13.2. The Morgan fingerprint density at radius 3 is 2.12 bits per heavy atom. The highest BCUT2D eigenvalue weighted by Gasteiger charge is 2.36. The fraction of sp³-hybridized carbons (Fsp3) is 0.118. The largest absolute Gasteiger partial charge is 0.440 e. The maximum Gasteiger partial charge on any atom is 0.387 e. The van der Waals surface area contributed by atoms with Crippen LogP contribution in [0.1, 0.15) is 31.1 Å². The number of carbonyl (C=O) groups excluding carboxylic acids is 3. The third-order valence-electron chi connectivity index (χ3n) is 3.53. The maximum atomic E-state index is 12.4. The highest BCUT2D eigenvalue weighted by molar-refractivity contribution is 6.21. The molecule has 1 heterocycles. The van der Waals surface area contributed by atoms with Crippen molar-refractivity contribution in [1.29, 1.82) is 0 Å². The summed E-state index contributed by atoms with van der Waals surface area (Å²) < 4.78 is 33.9. The van der Waals surface area contributed by atoms with Crippen molar-refractivity contribution in [2.24, 2.45) is 0 Å². The van der Waals surface area contributed by atoms with Crippen LogP contribution in [0, 0.1) is 0 Å². The average molecular weight is 347 g/mol. The number of alkyl halides is 2. The van der Waals surface area contributed by atoms with Crippen molar-refractivity contribution in [3.05, 3.63) is 65.2 Å². The zero-order valence-corrected chi connectivity index (χ0v) is 12.6. The highest BCUT2D eigenvalue weighted by Crippen LogP contribution is 2.24. The fourth-order valence-electron chi connectivity index (χ4n) is 2.39. The molecule has 0 unspecified atom stereocenters. The van der Waals surface area contributed by atoms with Crippen LogP contribution in [0.15, 0.2) is 48.5 Å². The molecule has 0 aliphatic carbocycles. The van der Waals surface area contributed by atoms with Crippen LogP contribution >= 0.6 is 0 Å². The molecule has 1 aliphatic heterocycles. The zero-order valence-electron chi connectivity index (χ0n) is 12.6. The minimum atomic E-state index is -3.11. The van der Waals surface area contributed by atoms with Crippen LogP contribution in [0.5, 0.6) is 5.75 Å². The van der Waals surface area contributed by atoms with Crippen molar-refractivity contribution in [2.75, 3.05) is 6.73 Å². The number of para-hydroxylation sites is 1. The fourth-order valence-corrected chi connectivity index (χ4v) is 2.39. The molecule has 2 aromatic carbocycles. The van der Waals surface area contributed by atoms with E-state index in [1.165, 1.54) is 36.4 Å². The first-order chi connectivity index (χ1) is 12.0. The summed E-state index contributed by atoms with van der Waals surface area (Å²) in [5.41, 5.74) is 0.189. The monoisotopic (exact) mass is 347 g/mol. The van der Waals surface area contributed by atoms with Crippen LogP contribution in [0.4, 0.5) is 8.78 Å². The van der Waals surface area contributed by atoms with Crippen LogP contribution < -0.4 is 4.74 Å². The molecule has 0 atom stereocenters. The molecule has 0 aromatic heterocycles. The Kier molecular flexibility index (Phi) is 4.42. The summed E-state index contributed by atoms with van der Waals surface area (Å²) in [6.45, 7) is -3.74. The Morgan fingerprint density at radius 1 is 0.960 bits per heavy atom. The van der Waals surface area contributed by atoms with Gasteiger partial charge < -0.3 is 9.47 Å². The van der Waals surface area contributed by atoms with E-state index in [-0.39, 0.29) is 22.4 Å². The van der Waals surface area contributed by atoms with E-state index in [2.05, 4.69) is 4.74 Å². The summed E-state index contributed by atoms with van der Waals surface area (Å²) in [4.78, 5) is 37.2. The lowest BCUT2D eigenvalue weighted by molar-refractivity contribution is -0.0505. The van der Waals surface area contributed by atoms with E-state index in [0.717, 1.165) is 4.90 Å². The maximum absolute atomic E-state index is 12.4. The number of benzene rings is 2. The number of ether oxygens (including phenoxy) is 2. The minimum absolute atomic E-state index is 0.213. The number of carbonyl (C=O) groups is 3. The molecule has 3 rings (SSSR count). The molecule has 0 fully saturated rings. The lowest BCUT2D eigenvalue weighted by Crippen LogP contribution is -2.33. The molecule has 25 heavy (non-hydrogen) atoms. The van der Waals surface area contributed by atoms with E-state index in [4.69, 9.17) is 4.74 Å². The van der Waals surface area contributed by atoms with E-state index >= 15 is 0 Å². The Bertz CT molecular complexity index is 817. The standard InChI is InChI=1S/C17H11F2NO5/c18-17(19)25-13-8-4-3-7-12(13)16(23)24-9-20-14(21)10-5-1-2-6-11(10)15(20)22/h1-8,17H,9H2. The first-order valence-corrected chi connectivity index (χ1v) is 7.15. The second kappa shape index (κ2) is 6.68. The summed E-state index contributed by atoms with van der Waals surface area (Å²) in [7, 11) is 0. The predicted octanol–water partition coefficient (Wildman–Crippen LogP) is 2.70. The zero-order chi connectivity index (χ0) is 18.0. The van der Waals surface area contributed by atoms with Gasteiger partial charge in [0.05, 0.1) is 11.1 Å². The average Bonchev–Trinajstić information content (AvgIpc) is 2.84. The lowest BCUT2D eigenvalue weighted by atomic mass is 10.1. The molecule has 0 bridgehead atoms. The predicted molar refractivity (Wildman–Crippen MR) is 80.3 cm³/mol. The number of nitrogens with zero attached hydrogens (tertiary/aromatic N) is 1. The molecule has 0 N–H and O–H groups in total. The topological polar surface area (TPSA) is 72.9 Å². The van der Waals surface area contributed by atoms with Crippen LogP contribution in [-0.2, 0) is 4.74 Å². The van der Waals surface area contributed by atoms with Crippen molar-refractivity contribution in [2.45, 2.75) is 6.61 Å². The molecular formula is C17H11F2NO5. The highest BCUT2D eigenvalue weighted by atomic mass is 19.3.